The second kappa shape index (κ2) is 8.73. The molecule has 5 aromatic rings. The number of anilines is 2. The van der Waals surface area contributed by atoms with Crippen molar-refractivity contribution in [2.24, 2.45) is 0 Å². The number of aromatic amines is 1. The maximum Gasteiger partial charge on any atom is 0.246 e. The molecule has 1 aromatic carbocycles. The number of nitrogens with zero attached hydrogens (tertiary/aromatic N) is 7. The van der Waals surface area contributed by atoms with Gasteiger partial charge in [0.2, 0.25) is 5.95 Å². The average Bonchev–Trinajstić information content (AvgIpc) is 3.61. The second-order valence-corrected chi connectivity index (χ2v) is 9.88. The van der Waals surface area contributed by atoms with Crippen LogP contribution in [0.5, 0.6) is 0 Å². The maximum atomic E-state index is 11.3. The van der Waals surface area contributed by atoms with E-state index in [4.69, 9.17) is 15.7 Å². The zero-order chi connectivity index (χ0) is 25.7. The normalized spacial score (nSPS) is 21.1. The van der Waals surface area contributed by atoms with Crippen molar-refractivity contribution in [3.63, 3.8) is 0 Å². The number of aromatic nitrogens is 7. The fourth-order valence-electron chi connectivity index (χ4n) is 5.92. The van der Waals surface area contributed by atoms with E-state index in [0.717, 1.165) is 53.9 Å². The minimum atomic E-state index is -0.518. The number of nitrogens with two attached hydrogens (primary N) is 1. The lowest BCUT2D eigenvalue weighted by molar-refractivity contribution is 0.111. The van der Waals surface area contributed by atoms with Crippen molar-refractivity contribution in [2.75, 3.05) is 23.7 Å². The van der Waals surface area contributed by atoms with Gasteiger partial charge < -0.3 is 16.0 Å². The van der Waals surface area contributed by atoms with E-state index >= 15 is 0 Å². The van der Waals surface area contributed by atoms with Gasteiger partial charge in [0.25, 0.3) is 0 Å². The molecule has 7 rings (SSSR count). The van der Waals surface area contributed by atoms with Crippen molar-refractivity contribution >= 4 is 23.7 Å². The number of nitrogens with one attached hydrogen (secondary N) is 2. The first-order valence-corrected chi connectivity index (χ1v) is 12.7. The largest absolute Gasteiger partial charge is 0.384 e. The molecule has 11 nitrogen and oxygen atoms in total. The van der Waals surface area contributed by atoms with Gasteiger partial charge >= 0.3 is 0 Å². The van der Waals surface area contributed by atoms with Crippen LogP contribution in [0, 0.1) is 0 Å². The lowest BCUT2D eigenvalue weighted by Gasteiger charge is -2.54. The van der Waals surface area contributed by atoms with Gasteiger partial charge in [-0.05, 0) is 25.3 Å². The Morgan fingerprint density at radius 2 is 1.97 bits per heavy atom. The van der Waals surface area contributed by atoms with Gasteiger partial charge in [-0.1, -0.05) is 36.4 Å². The third kappa shape index (κ3) is 3.46. The molecule has 2 bridgehead atoms. The standard InChI is InChI=1S/C27H26N10O/c28-23-11-22(27-10-4-7-19(13-29-16-27)36(27)26-33-24(15-38)34-35-26)32-25-20(14-31-37(23)25)18-8-9-21(30-12-18)17-5-2-1-3-6-17/h1-3,5-6,8-9,11-12,14-15,19,29H,4,7,10,13,16,28H2,(H,33,34,35). The number of carbonyl (C=O) groups is 1. The van der Waals surface area contributed by atoms with E-state index in [0.29, 0.717) is 30.2 Å². The average molecular weight is 507 g/mol. The predicted octanol–water partition coefficient (Wildman–Crippen LogP) is 2.83. The van der Waals surface area contributed by atoms with Gasteiger partial charge in [-0.15, -0.1) is 5.10 Å². The number of carbonyl (C=O) groups excluding carboxylic acids is 1. The Kier molecular flexibility index (Phi) is 5.18. The summed E-state index contributed by atoms with van der Waals surface area (Å²) in [6.07, 6.45) is 7.19. The smallest absolute Gasteiger partial charge is 0.246 e. The molecule has 4 aromatic heterocycles. The molecule has 11 heteroatoms. The summed E-state index contributed by atoms with van der Waals surface area (Å²) < 4.78 is 1.67. The minimum Gasteiger partial charge on any atom is -0.384 e. The second-order valence-electron chi connectivity index (χ2n) is 9.88. The monoisotopic (exact) mass is 506 g/mol. The summed E-state index contributed by atoms with van der Waals surface area (Å²) in [6, 6.07) is 16.2. The third-order valence-corrected chi connectivity index (χ3v) is 7.69. The van der Waals surface area contributed by atoms with Gasteiger partial charge in [0.15, 0.2) is 17.8 Å². The van der Waals surface area contributed by atoms with Crippen molar-refractivity contribution < 1.29 is 4.79 Å². The van der Waals surface area contributed by atoms with Gasteiger partial charge in [0.1, 0.15) is 5.82 Å². The zero-order valence-corrected chi connectivity index (χ0v) is 20.6. The quantitative estimate of drug-likeness (QED) is 0.307. The van der Waals surface area contributed by atoms with Crippen LogP contribution < -0.4 is 16.0 Å². The molecule has 2 atom stereocenters. The number of nitrogen functional groups attached to an aromatic ring is 1. The number of H-pyrrole nitrogens is 1. The van der Waals surface area contributed by atoms with Crippen LogP contribution in [0.1, 0.15) is 35.6 Å². The summed E-state index contributed by atoms with van der Waals surface area (Å²) in [5.41, 5.74) is 11.2. The summed E-state index contributed by atoms with van der Waals surface area (Å²) in [6.45, 7) is 1.47. The van der Waals surface area contributed by atoms with Crippen LogP contribution in [0.2, 0.25) is 0 Å². The molecule has 4 N–H and O–H groups in total. The van der Waals surface area contributed by atoms with E-state index in [9.17, 15) is 4.79 Å². The van der Waals surface area contributed by atoms with Gasteiger partial charge in [-0.3, -0.25) is 14.9 Å². The molecule has 190 valence electrons. The Bertz CT molecular complexity index is 1620. The molecular formula is C27H26N10O. The van der Waals surface area contributed by atoms with E-state index in [-0.39, 0.29) is 11.9 Å². The number of benzene rings is 1. The highest BCUT2D eigenvalue weighted by molar-refractivity contribution is 5.79. The van der Waals surface area contributed by atoms with Gasteiger partial charge in [-0.2, -0.15) is 14.6 Å². The predicted molar refractivity (Wildman–Crippen MR) is 143 cm³/mol. The molecule has 0 spiro atoms. The Labute approximate surface area is 218 Å². The highest BCUT2D eigenvalue weighted by Crippen LogP contribution is 2.44. The fraction of sp³-hybridized carbons (Fsp3) is 0.259. The highest BCUT2D eigenvalue weighted by Gasteiger charge is 2.50. The molecule has 0 saturated carbocycles. The lowest BCUT2D eigenvalue weighted by atomic mass is 9.78. The van der Waals surface area contributed by atoms with Crippen LogP contribution in [0.15, 0.2) is 60.9 Å². The van der Waals surface area contributed by atoms with Crippen molar-refractivity contribution in [2.45, 2.75) is 30.8 Å². The number of hydrogen-bond donors (Lipinski definition) is 3. The molecule has 6 heterocycles. The van der Waals surface area contributed by atoms with Crippen LogP contribution in [-0.2, 0) is 5.54 Å². The van der Waals surface area contributed by atoms with Gasteiger partial charge in [0.05, 0.1) is 23.1 Å². The van der Waals surface area contributed by atoms with Crippen molar-refractivity contribution in [1.29, 1.82) is 0 Å². The van der Waals surface area contributed by atoms with Crippen LogP contribution in [0.3, 0.4) is 0 Å². The first-order valence-electron chi connectivity index (χ1n) is 12.7. The molecule has 2 aliphatic heterocycles. The van der Waals surface area contributed by atoms with E-state index < -0.39 is 5.54 Å². The fourth-order valence-corrected chi connectivity index (χ4v) is 5.92. The SMILES string of the molecule is Nc1cc(C23CCCC(CNC2)N3c2n[nH]c(C=O)n2)nc2c(-c3ccc(-c4ccccc4)nc3)cnn12. The Hall–Kier alpha value is -4.64. The Morgan fingerprint density at radius 1 is 1.08 bits per heavy atom. The Morgan fingerprint density at radius 3 is 2.76 bits per heavy atom. The minimum absolute atomic E-state index is 0.172. The van der Waals surface area contributed by atoms with Crippen LogP contribution in [0.25, 0.3) is 28.0 Å². The number of hydrogen-bond acceptors (Lipinski definition) is 9. The Balaban J connectivity index is 1.34. The van der Waals surface area contributed by atoms with E-state index in [1.807, 2.05) is 54.7 Å². The van der Waals surface area contributed by atoms with Crippen molar-refractivity contribution in [3.8, 4) is 22.4 Å². The van der Waals surface area contributed by atoms with E-state index in [2.05, 4.69) is 30.5 Å². The summed E-state index contributed by atoms with van der Waals surface area (Å²) in [5, 5.41) is 15.2. The number of piperazine rings is 1. The van der Waals surface area contributed by atoms with E-state index in [1.165, 1.54) is 0 Å². The van der Waals surface area contributed by atoms with Crippen molar-refractivity contribution in [1.82, 2.24) is 40.1 Å². The van der Waals surface area contributed by atoms with Crippen LogP contribution in [-0.4, -0.2) is 60.2 Å². The molecule has 0 aliphatic carbocycles. The van der Waals surface area contributed by atoms with Crippen molar-refractivity contribution in [3.05, 3.63) is 72.4 Å². The number of rotatable bonds is 5. The topological polar surface area (TPSA) is 143 Å². The van der Waals surface area contributed by atoms with Gasteiger partial charge in [-0.25, -0.2) is 4.98 Å². The first kappa shape index (κ1) is 22.5. The number of fused-ring (bicyclic) bond motifs is 3. The molecule has 2 fully saturated rings. The maximum absolute atomic E-state index is 11.3. The number of piperidine rings is 1. The number of pyridine rings is 1. The summed E-state index contributed by atoms with van der Waals surface area (Å²) >= 11 is 0. The first-order chi connectivity index (χ1) is 18.7. The van der Waals surface area contributed by atoms with Crippen LogP contribution in [0.4, 0.5) is 11.8 Å². The van der Waals surface area contributed by atoms with E-state index in [1.54, 1.807) is 10.7 Å². The summed E-state index contributed by atoms with van der Waals surface area (Å²) in [7, 11) is 0. The molecule has 2 unspecified atom stereocenters. The molecule has 2 aliphatic rings. The molecule has 2 saturated heterocycles. The van der Waals surface area contributed by atoms with Gasteiger partial charge in [0, 0.05) is 48.1 Å². The summed E-state index contributed by atoms with van der Waals surface area (Å²) in [5.74, 6) is 1.21. The molecular weight excluding hydrogens is 480 g/mol. The zero-order valence-electron chi connectivity index (χ0n) is 20.6. The third-order valence-electron chi connectivity index (χ3n) is 7.69. The van der Waals surface area contributed by atoms with Crippen LogP contribution >= 0.6 is 0 Å². The number of aldehydes is 1. The summed E-state index contributed by atoms with van der Waals surface area (Å²) in [4.78, 5) is 27.9. The molecule has 38 heavy (non-hydrogen) atoms. The highest BCUT2D eigenvalue weighted by atomic mass is 16.1. The molecule has 0 radical (unpaired) electrons. The molecule has 0 amide bonds. The lowest BCUT2D eigenvalue weighted by Crippen LogP contribution is -2.66.